The van der Waals surface area contributed by atoms with Gasteiger partial charge in [-0.1, -0.05) is 53.2 Å². The molecule has 1 aromatic rings. The molecule has 0 aliphatic carbocycles. The minimum Gasteiger partial charge on any atom is -0.355 e. The summed E-state index contributed by atoms with van der Waals surface area (Å²) in [6.45, 7) is 2.68. The predicted molar refractivity (Wildman–Crippen MR) is 66.2 cm³/mol. The van der Waals surface area contributed by atoms with Crippen LogP contribution in [0.1, 0.15) is 18.9 Å². The lowest BCUT2D eigenvalue weighted by Gasteiger charge is -2.08. The fraction of sp³-hybridized carbons (Fsp3) is 0.417. The van der Waals surface area contributed by atoms with Crippen LogP contribution in [0.3, 0.4) is 0 Å². The van der Waals surface area contributed by atoms with Gasteiger partial charge in [-0.15, -0.1) is 0 Å². The highest BCUT2D eigenvalue weighted by molar-refractivity contribution is 9.10. The first kappa shape index (κ1) is 12.2. The molecule has 0 unspecified atom stereocenters. The third kappa shape index (κ3) is 4.47. The molecule has 1 amide bonds. The summed E-state index contributed by atoms with van der Waals surface area (Å²) in [6.07, 6.45) is 1.70. The summed E-state index contributed by atoms with van der Waals surface area (Å²) in [6, 6.07) is 10.1. The predicted octanol–water partition coefficient (Wildman–Crippen LogP) is 2.52. The molecular formula is C12H16BrNO. The quantitative estimate of drug-likeness (QED) is 0.818. The molecular weight excluding hydrogens is 254 g/mol. The van der Waals surface area contributed by atoms with Crippen molar-refractivity contribution < 1.29 is 4.79 Å². The Morgan fingerprint density at radius 2 is 2.07 bits per heavy atom. The minimum absolute atomic E-state index is 0.0618. The molecule has 0 saturated heterocycles. The van der Waals surface area contributed by atoms with Gasteiger partial charge in [0, 0.05) is 6.54 Å². The molecule has 1 rings (SSSR count). The average molecular weight is 270 g/mol. The van der Waals surface area contributed by atoms with Crippen molar-refractivity contribution in [3.63, 3.8) is 0 Å². The van der Waals surface area contributed by atoms with Gasteiger partial charge in [0.1, 0.15) is 0 Å². The van der Waals surface area contributed by atoms with Crippen LogP contribution in [0.4, 0.5) is 0 Å². The van der Waals surface area contributed by atoms with Crippen LogP contribution in [0, 0.1) is 0 Å². The maximum Gasteiger partial charge on any atom is 0.233 e. The highest BCUT2D eigenvalue weighted by Crippen LogP contribution is 2.04. The van der Waals surface area contributed by atoms with Crippen LogP contribution in [-0.4, -0.2) is 17.3 Å². The summed E-state index contributed by atoms with van der Waals surface area (Å²) in [4.78, 5) is 11.3. The first-order chi connectivity index (χ1) is 7.24. The van der Waals surface area contributed by atoms with E-state index < -0.39 is 0 Å². The SMILES string of the molecule is CC[C@H](Br)C(=O)NCCc1ccccc1. The second-order valence-electron chi connectivity index (χ2n) is 3.40. The van der Waals surface area contributed by atoms with Gasteiger partial charge >= 0.3 is 0 Å². The highest BCUT2D eigenvalue weighted by atomic mass is 79.9. The van der Waals surface area contributed by atoms with E-state index in [4.69, 9.17) is 0 Å². The van der Waals surface area contributed by atoms with E-state index in [9.17, 15) is 4.79 Å². The molecule has 0 aromatic heterocycles. The molecule has 0 aliphatic heterocycles. The molecule has 0 spiro atoms. The molecule has 1 aromatic carbocycles. The van der Waals surface area contributed by atoms with E-state index in [0.29, 0.717) is 6.54 Å². The number of carbonyl (C=O) groups excluding carboxylic acids is 1. The van der Waals surface area contributed by atoms with Crippen molar-refractivity contribution in [2.45, 2.75) is 24.6 Å². The second-order valence-corrected chi connectivity index (χ2v) is 4.51. The van der Waals surface area contributed by atoms with Crippen molar-refractivity contribution >= 4 is 21.8 Å². The van der Waals surface area contributed by atoms with Crippen LogP contribution in [0.2, 0.25) is 0 Å². The van der Waals surface area contributed by atoms with E-state index in [0.717, 1.165) is 12.8 Å². The van der Waals surface area contributed by atoms with E-state index in [1.807, 2.05) is 25.1 Å². The molecule has 0 aliphatic rings. The van der Waals surface area contributed by atoms with Crippen molar-refractivity contribution in [3.8, 4) is 0 Å². The van der Waals surface area contributed by atoms with Crippen LogP contribution < -0.4 is 5.32 Å². The Labute approximate surface area is 99.2 Å². The summed E-state index contributed by atoms with van der Waals surface area (Å²) in [7, 11) is 0. The van der Waals surface area contributed by atoms with Crippen LogP contribution in [0.15, 0.2) is 30.3 Å². The summed E-state index contributed by atoms with van der Waals surface area (Å²) >= 11 is 3.32. The lowest BCUT2D eigenvalue weighted by atomic mass is 10.1. The fourth-order valence-electron chi connectivity index (χ4n) is 1.27. The number of rotatable bonds is 5. The zero-order valence-electron chi connectivity index (χ0n) is 8.87. The van der Waals surface area contributed by atoms with Crippen molar-refractivity contribution in [2.24, 2.45) is 0 Å². The maximum atomic E-state index is 11.4. The molecule has 2 nitrogen and oxygen atoms in total. The fourth-order valence-corrected chi connectivity index (χ4v) is 1.43. The molecule has 1 atom stereocenters. The number of amides is 1. The van der Waals surface area contributed by atoms with Gasteiger partial charge in [0.05, 0.1) is 4.83 Å². The number of benzene rings is 1. The summed E-state index contributed by atoms with van der Waals surface area (Å²) in [5.41, 5.74) is 1.25. The first-order valence-corrected chi connectivity index (χ1v) is 6.11. The number of nitrogens with one attached hydrogen (secondary N) is 1. The molecule has 0 saturated carbocycles. The van der Waals surface area contributed by atoms with Crippen LogP contribution in [-0.2, 0) is 11.2 Å². The minimum atomic E-state index is -0.0618. The third-order valence-corrected chi connectivity index (χ3v) is 3.26. The second kappa shape index (κ2) is 6.62. The smallest absolute Gasteiger partial charge is 0.233 e. The Morgan fingerprint density at radius 1 is 1.40 bits per heavy atom. The zero-order chi connectivity index (χ0) is 11.1. The summed E-state index contributed by atoms with van der Waals surface area (Å²) < 4.78 is 0. The van der Waals surface area contributed by atoms with Gasteiger partial charge in [0.25, 0.3) is 0 Å². The van der Waals surface area contributed by atoms with Gasteiger partial charge in [-0.3, -0.25) is 4.79 Å². The summed E-state index contributed by atoms with van der Waals surface area (Å²) in [5, 5.41) is 2.90. The Morgan fingerprint density at radius 3 is 2.67 bits per heavy atom. The van der Waals surface area contributed by atoms with E-state index in [1.54, 1.807) is 0 Å². The first-order valence-electron chi connectivity index (χ1n) is 5.19. The van der Waals surface area contributed by atoms with Crippen LogP contribution in [0.5, 0.6) is 0 Å². The van der Waals surface area contributed by atoms with Gasteiger partial charge in [0.15, 0.2) is 0 Å². The lowest BCUT2D eigenvalue weighted by Crippen LogP contribution is -2.32. The molecule has 3 heteroatoms. The molecule has 15 heavy (non-hydrogen) atoms. The van der Waals surface area contributed by atoms with E-state index in [2.05, 4.69) is 33.4 Å². The van der Waals surface area contributed by atoms with Crippen molar-refractivity contribution in [1.82, 2.24) is 5.32 Å². The van der Waals surface area contributed by atoms with Gasteiger partial charge in [-0.25, -0.2) is 0 Å². The number of halogens is 1. The summed E-state index contributed by atoms with van der Waals surface area (Å²) in [5.74, 6) is 0.0773. The molecule has 0 bridgehead atoms. The Hall–Kier alpha value is -0.830. The van der Waals surface area contributed by atoms with Gasteiger partial charge in [-0.05, 0) is 18.4 Å². The molecule has 1 N–H and O–H groups in total. The normalized spacial score (nSPS) is 12.1. The number of carbonyl (C=O) groups is 1. The van der Waals surface area contributed by atoms with E-state index in [1.165, 1.54) is 5.56 Å². The Bertz CT molecular complexity index is 300. The van der Waals surface area contributed by atoms with Crippen molar-refractivity contribution in [1.29, 1.82) is 0 Å². The van der Waals surface area contributed by atoms with Crippen molar-refractivity contribution in [2.75, 3.05) is 6.54 Å². The molecule has 0 heterocycles. The van der Waals surface area contributed by atoms with Gasteiger partial charge in [0.2, 0.25) is 5.91 Å². The number of hydrogen-bond donors (Lipinski definition) is 1. The van der Waals surface area contributed by atoms with Crippen LogP contribution in [0.25, 0.3) is 0 Å². The van der Waals surface area contributed by atoms with Gasteiger partial charge in [-0.2, -0.15) is 0 Å². The van der Waals surface area contributed by atoms with Gasteiger partial charge < -0.3 is 5.32 Å². The maximum absolute atomic E-state index is 11.4. The number of alkyl halides is 1. The Balaban J connectivity index is 2.25. The topological polar surface area (TPSA) is 29.1 Å². The van der Waals surface area contributed by atoms with E-state index >= 15 is 0 Å². The zero-order valence-corrected chi connectivity index (χ0v) is 10.5. The standard InChI is InChI=1S/C12H16BrNO/c1-2-11(13)12(15)14-9-8-10-6-4-3-5-7-10/h3-7,11H,2,8-9H2,1H3,(H,14,15)/t11-/m0/s1. The number of hydrogen-bond acceptors (Lipinski definition) is 1. The monoisotopic (exact) mass is 269 g/mol. The largest absolute Gasteiger partial charge is 0.355 e. The molecule has 82 valence electrons. The molecule has 0 fully saturated rings. The highest BCUT2D eigenvalue weighted by Gasteiger charge is 2.10. The molecule has 0 radical (unpaired) electrons. The average Bonchev–Trinajstić information content (AvgIpc) is 2.29. The Kier molecular flexibility index (Phi) is 5.40. The van der Waals surface area contributed by atoms with E-state index in [-0.39, 0.29) is 10.7 Å². The van der Waals surface area contributed by atoms with Crippen molar-refractivity contribution in [3.05, 3.63) is 35.9 Å². The third-order valence-electron chi connectivity index (χ3n) is 2.20. The van der Waals surface area contributed by atoms with Crippen LogP contribution >= 0.6 is 15.9 Å². The lowest BCUT2D eigenvalue weighted by molar-refractivity contribution is -0.120.